The summed E-state index contributed by atoms with van der Waals surface area (Å²) < 4.78 is 4.90. The fourth-order valence-corrected chi connectivity index (χ4v) is 2.70. The highest BCUT2D eigenvalue weighted by Crippen LogP contribution is 2.22. The highest BCUT2D eigenvalue weighted by Gasteiger charge is 2.37. The standard InChI is InChI=1S/C16H15N5O3/c1-9-4-14(20-24-9)16(23)21-7-11(8-21)15(22)18-12-3-2-10-6-17-19-13(10)5-12/h2-6,11H,7-8H2,1H3,(H,17,19)(H,18,22). The summed E-state index contributed by atoms with van der Waals surface area (Å²) in [4.78, 5) is 26.0. The van der Waals surface area contributed by atoms with Crippen molar-refractivity contribution in [3.8, 4) is 0 Å². The zero-order valence-electron chi connectivity index (χ0n) is 12.9. The van der Waals surface area contributed by atoms with Gasteiger partial charge < -0.3 is 14.7 Å². The van der Waals surface area contributed by atoms with Crippen LogP contribution in [0.1, 0.15) is 16.2 Å². The number of carbonyl (C=O) groups excluding carboxylic acids is 2. The van der Waals surface area contributed by atoms with E-state index in [0.29, 0.717) is 24.5 Å². The van der Waals surface area contributed by atoms with E-state index in [9.17, 15) is 9.59 Å². The molecular formula is C16H15N5O3. The number of aromatic amines is 1. The fourth-order valence-electron chi connectivity index (χ4n) is 2.70. The predicted molar refractivity (Wildman–Crippen MR) is 85.4 cm³/mol. The summed E-state index contributed by atoms with van der Waals surface area (Å²) in [5, 5.41) is 14.4. The number of anilines is 1. The first-order valence-electron chi connectivity index (χ1n) is 7.57. The van der Waals surface area contributed by atoms with Crippen LogP contribution in [0.4, 0.5) is 5.69 Å². The van der Waals surface area contributed by atoms with Gasteiger partial charge in [-0.2, -0.15) is 5.10 Å². The number of fused-ring (bicyclic) bond motifs is 1. The summed E-state index contributed by atoms with van der Waals surface area (Å²) in [6.07, 6.45) is 1.72. The number of hydrogen-bond acceptors (Lipinski definition) is 5. The van der Waals surface area contributed by atoms with Gasteiger partial charge in [0.15, 0.2) is 5.69 Å². The van der Waals surface area contributed by atoms with Crippen molar-refractivity contribution in [1.82, 2.24) is 20.3 Å². The van der Waals surface area contributed by atoms with Crippen LogP contribution in [0.25, 0.3) is 10.9 Å². The van der Waals surface area contributed by atoms with Crippen LogP contribution in [0.3, 0.4) is 0 Å². The Bertz CT molecular complexity index is 923. The maximum Gasteiger partial charge on any atom is 0.276 e. The minimum atomic E-state index is -0.223. The minimum Gasteiger partial charge on any atom is -0.361 e. The molecule has 8 heteroatoms. The number of rotatable bonds is 3. The predicted octanol–water partition coefficient (Wildman–Crippen LogP) is 1.57. The number of nitrogens with one attached hydrogen (secondary N) is 2. The van der Waals surface area contributed by atoms with Crippen molar-refractivity contribution in [2.24, 2.45) is 5.92 Å². The second kappa shape index (κ2) is 5.48. The Morgan fingerprint density at radius 2 is 2.17 bits per heavy atom. The number of hydrogen-bond donors (Lipinski definition) is 2. The summed E-state index contributed by atoms with van der Waals surface area (Å²) in [5.41, 5.74) is 1.84. The Kier molecular flexibility index (Phi) is 3.30. The molecule has 1 aliphatic rings. The largest absolute Gasteiger partial charge is 0.361 e. The van der Waals surface area contributed by atoms with E-state index in [2.05, 4.69) is 20.7 Å². The van der Waals surface area contributed by atoms with Gasteiger partial charge in [-0.15, -0.1) is 0 Å². The summed E-state index contributed by atoms with van der Waals surface area (Å²) in [7, 11) is 0. The third-order valence-electron chi connectivity index (χ3n) is 4.10. The Morgan fingerprint density at radius 3 is 2.92 bits per heavy atom. The lowest BCUT2D eigenvalue weighted by Gasteiger charge is -2.37. The van der Waals surface area contributed by atoms with Crippen LogP contribution in [0, 0.1) is 12.8 Å². The van der Waals surface area contributed by atoms with E-state index in [1.54, 1.807) is 24.1 Å². The minimum absolute atomic E-state index is 0.103. The molecule has 2 aromatic heterocycles. The average Bonchev–Trinajstić information content (AvgIpc) is 3.13. The third kappa shape index (κ3) is 2.51. The second-order valence-electron chi connectivity index (χ2n) is 5.89. The molecular weight excluding hydrogens is 310 g/mol. The maximum atomic E-state index is 12.3. The van der Waals surface area contributed by atoms with Crippen molar-refractivity contribution in [3.05, 3.63) is 41.9 Å². The van der Waals surface area contributed by atoms with Gasteiger partial charge in [0.1, 0.15) is 5.76 Å². The van der Waals surface area contributed by atoms with Gasteiger partial charge in [-0.3, -0.25) is 14.7 Å². The van der Waals surface area contributed by atoms with Crippen molar-refractivity contribution in [2.45, 2.75) is 6.92 Å². The number of aryl methyl sites for hydroxylation is 1. The van der Waals surface area contributed by atoms with Crippen LogP contribution in [0.15, 0.2) is 35.0 Å². The normalized spacial score (nSPS) is 14.6. The van der Waals surface area contributed by atoms with Gasteiger partial charge in [0, 0.05) is 30.2 Å². The van der Waals surface area contributed by atoms with E-state index in [4.69, 9.17) is 4.52 Å². The molecule has 1 aliphatic heterocycles. The molecule has 0 unspecified atom stereocenters. The molecule has 0 spiro atoms. The van der Waals surface area contributed by atoms with Gasteiger partial charge in [0.2, 0.25) is 5.91 Å². The summed E-state index contributed by atoms with van der Waals surface area (Å²) in [5.74, 6) is 0.0470. The molecule has 122 valence electrons. The number of likely N-dealkylation sites (tertiary alicyclic amines) is 1. The van der Waals surface area contributed by atoms with E-state index in [0.717, 1.165) is 10.9 Å². The molecule has 1 aromatic carbocycles. The molecule has 3 heterocycles. The molecule has 1 saturated heterocycles. The Balaban J connectivity index is 1.36. The Morgan fingerprint density at radius 1 is 1.33 bits per heavy atom. The van der Waals surface area contributed by atoms with Crippen molar-refractivity contribution >= 4 is 28.4 Å². The first kappa shape index (κ1) is 14.4. The van der Waals surface area contributed by atoms with Gasteiger partial charge in [-0.05, 0) is 25.1 Å². The molecule has 0 aliphatic carbocycles. The quantitative estimate of drug-likeness (QED) is 0.760. The van der Waals surface area contributed by atoms with E-state index in [-0.39, 0.29) is 23.4 Å². The van der Waals surface area contributed by atoms with Gasteiger partial charge >= 0.3 is 0 Å². The van der Waals surface area contributed by atoms with Crippen molar-refractivity contribution in [1.29, 1.82) is 0 Å². The molecule has 0 radical (unpaired) electrons. The van der Waals surface area contributed by atoms with E-state index in [1.807, 2.05) is 18.2 Å². The maximum absolute atomic E-state index is 12.3. The molecule has 8 nitrogen and oxygen atoms in total. The smallest absolute Gasteiger partial charge is 0.276 e. The molecule has 24 heavy (non-hydrogen) atoms. The van der Waals surface area contributed by atoms with Crippen LogP contribution in [0.2, 0.25) is 0 Å². The Labute approximate surface area is 136 Å². The number of carbonyl (C=O) groups is 2. The first-order valence-corrected chi connectivity index (χ1v) is 7.57. The lowest BCUT2D eigenvalue weighted by Crippen LogP contribution is -2.54. The summed E-state index contributed by atoms with van der Waals surface area (Å²) >= 11 is 0. The molecule has 0 atom stereocenters. The van der Waals surface area contributed by atoms with Gasteiger partial charge in [0.25, 0.3) is 5.91 Å². The van der Waals surface area contributed by atoms with Gasteiger partial charge in [-0.25, -0.2) is 0 Å². The van der Waals surface area contributed by atoms with Crippen LogP contribution in [-0.4, -0.2) is 45.2 Å². The molecule has 2 N–H and O–H groups in total. The van der Waals surface area contributed by atoms with Crippen LogP contribution >= 0.6 is 0 Å². The lowest BCUT2D eigenvalue weighted by molar-refractivity contribution is -0.123. The molecule has 3 aromatic rings. The summed E-state index contributed by atoms with van der Waals surface area (Å²) in [6.45, 7) is 2.48. The molecule has 2 amide bonds. The first-order chi connectivity index (χ1) is 11.6. The zero-order chi connectivity index (χ0) is 16.7. The number of H-pyrrole nitrogens is 1. The molecule has 0 bridgehead atoms. The van der Waals surface area contributed by atoms with E-state index in [1.165, 1.54) is 0 Å². The average molecular weight is 325 g/mol. The Hall–Kier alpha value is -3.16. The van der Waals surface area contributed by atoms with Crippen molar-refractivity contribution in [2.75, 3.05) is 18.4 Å². The van der Waals surface area contributed by atoms with Crippen LogP contribution in [-0.2, 0) is 4.79 Å². The second-order valence-corrected chi connectivity index (χ2v) is 5.89. The zero-order valence-corrected chi connectivity index (χ0v) is 12.9. The number of benzene rings is 1. The van der Waals surface area contributed by atoms with Gasteiger partial charge in [0.05, 0.1) is 17.6 Å². The molecule has 0 saturated carbocycles. The number of nitrogens with zero attached hydrogens (tertiary/aromatic N) is 3. The van der Waals surface area contributed by atoms with Crippen LogP contribution in [0.5, 0.6) is 0 Å². The SMILES string of the molecule is Cc1cc(C(=O)N2CC(C(=O)Nc3ccc4cn[nH]c4c3)C2)no1. The van der Waals surface area contributed by atoms with Gasteiger partial charge in [-0.1, -0.05) is 5.16 Å². The highest BCUT2D eigenvalue weighted by molar-refractivity contribution is 5.98. The molecule has 4 rings (SSSR count). The third-order valence-corrected chi connectivity index (χ3v) is 4.10. The summed E-state index contributed by atoms with van der Waals surface area (Å²) in [6, 6.07) is 7.14. The van der Waals surface area contributed by atoms with E-state index < -0.39 is 0 Å². The van der Waals surface area contributed by atoms with Crippen LogP contribution < -0.4 is 5.32 Å². The number of aromatic nitrogens is 3. The monoisotopic (exact) mass is 325 g/mol. The fraction of sp³-hybridized carbons (Fsp3) is 0.250. The molecule has 1 fully saturated rings. The van der Waals surface area contributed by atoms with Crippen molar-refractivity contribution in [3.63, 3.8) is 0 Å². The lowest BCUT2D eigenvalue weighted by atomic mass is 9.98. The number of amides is 2. The van der Waals surface area contributed by atoms with E-state index >= 15 is 0 Å². The topological polar surface area (TPSA) is 104 Å². The highest BCUT2D eigenvalue weighted by atomic mass is 16.5. The van der Waals surface area contributed by atoms with Crippen molar-refractivity contribution < 1.29 is 14.1 Å².